The molecule has 0 aliphatic heterocycles. The molecule has 3 aromatic rings. The SMILES string of the molecule is CCc1c(SCCNCCC(O)c2ccccc2)n(CC(O)CO)cc(C(=O)NCc2ccc(Cl)cc2)c1=O. The molecule has 1 aromatic heterocycles. The van der Waals surface area contributed by atoms with E-state index in [4.69, 9.17) is 11.6 Å². The molecular formula is C29H36ClN3O5S. The van der Waals surface area contributed by atoms with E-state index < -0.39 is 24.7 Å². The fourth-order valence-electron chi connectivity index (χ4n) is 4.08. The second-order valence-corrected chi connectivity index (χ2v) is 10.6. The Hall–Kier alpha value is -2.66. The summed E-state index contributed by atoms with van der Waals surface area (Å²) in [7, 11) is 0. The summed E-state index contributed by atoms with van der Waals surface area (Å²) in [6.07, 6.45) is 0.859. The molecule has 1 amide bonds. The number of nitrogens with zero attached hydrogens (tertiary/aromatic N) is 1. The van der Waals surface area contributed by atoms with Crippen LogP contribution in [0.15, 0.2) is 70.6 Å². The number of hydrogen-bond acceptors (Lipinski definition) is 7. The van der Waals surface area contributed by atoms with Crippen molar-refractivity contribution >= 4 is 29.3 Å². The number of aliphatic hydroxyl groups excluding tert-OH is 3. The largest absolute Gasteiger partial charge is 0.394 e. The van der Waals surface area contributed by atoms with Crippen LogP contribution in [0.3, 0.4) is 0 Å². The molecular weight excluding hydrogens is 538 g/mol. The van der Waals surface area contributed by atoms with Crippen LogP contribution in [0, 0.1) is 0 Å². The average Bonchev–Trinajstić information content (AvgIpc) is 2.95. The summed E-state index contributed by atoms with van der Waals surface area (Å²) in [6.45, 7) is 2.94. The fraction of sp³-hybridized carbons (Fsp3) is 0.379. The number of amides is 1. The standard InChI is InChI=1S/C29H36ClN3O5S/c1-2-24-27(37)25(28(38)32-16-20-8-10-22(30)11-9-20)18-33(17-23(35)19-34)29(24)39-15-14-31-13-12-26(36)21-6-4-3-5-7-21/h3-11,18,23,26,31,34-36H,2,12-17,19H2,1H3,(H,32,38). The molecule has 0 aliphatic rings. The Bertz CT molecular complexity index is 1250. The molecule has 0 fully saturated rings. The van der Waals surface area contributed by atoms with Crippen LogP contribution in [0.1, 0.15) is 46.5 Å². The Morgan fingerprint density at radius 3 is 2.46 bits per heavy atom. The molecule has 3 rings (SSSR count). The zero-order chi connectivity index (χ0) is 28.2. The number of benzene rings is 2. The van der Waals surface area contributed by atoms with E-state index in [1.807, 2.05) is 37.3 Å². The number of pyridine rings is 1. The highest BCUT2D eigenvalue weighted by atomic mass is 35.5. The highest BCUT2D eigenvalue weighted by Crippen LogP contribution is 2.23. The summed E-state index contributed by atoms with van der Waals surface area (Å²) < 4.78 is 1.68. The van der Waals surface area contributed by atoms with E-state index in [1.165, 1.54) is 18.0 Å². The number of carbonyl (C=O) groups is 1. The van der Waals surface area contributed by atoms with Crippen LogP contribution in [0.5, 0.6) is 0 Å². The molecule has 39 heavy (non-hydrogen) atoms. The lowest BCUT2D eigenvalue weighted by molar-refractivity contribution is 0.0787. The van der Waals surface area contributed by atoms with Gasteiger partial charge in [-0.3, -0.25) is 9.59 Å². The predicted molar refractivity (Wildman–Crippen MR) is 155 cm³/mol. The van der Waals surface area contributed by atoms with Crippen LogP contribution in [-0.2, 0) is 19.5 Å². The van der Waals surface area contributed by atoms with E-state index in [0.29, 0.717) is 47.3 Å². The van der Waals surface area contributed by atoms with Crippen molar-refractivity contribution in [2.45, 2.75) is 50.1 Å². The van der Waals surface area contributed by atoms with Gasteiger partial charge in [0.25, 0.3) is 5.91 Å². The van der Waals surface area contributed by atoms with Crippen molar-refractivity contribution in [3.8, 4) is 0 Å². The molecule has 10 heteroatoms. The number of thioether (sulfide) groups is 1. The molecule has 2 atom stereocenters. The highest BCUT2D eigenvalue weighted by molar-refractivity contribution is 7.99. The van der Waals surface area contributed by atoms with E-state index in [-0.39, 0.29) is 24.1 Å². The van der Waals surface area contributed by atoms with Crippen LogP contribution >= 0.6 is 23.4 Å². The number of hydrogen-bond donors (Lipinski definition) is 5. The van der Waals surface area contributed by atoms with Gasteiger partial charge in [-0.15, -0.1) is 11.8 Å². The second-order valence-electron chi connectivity index (χ2n) is 9.12. The first kappa shape index (κ1) is 30.9. The van der Waals surface area contributed by atoms with Crippen LogP contribution in [0.4, 0.5) is 0 Å². The zero-order valence-electron chi connectivity index (χ0n) is 22.0. The first-order chi connectivity index (χ1) is 18.8. The van der Waals surface area contributed by atoms with Crippen LogP contribution in [0.2, 0.25) is 5.02 Å². The molecule has 210 valence electrons. The van der Waals surface area contributed by atoms with Crippen molar-refractivity contribution in [2.24, 2.45) is 0 Å². The number of halogens is 1. The third-order valence-electron chi connectivity index (χ3n) is 6.20. The summed E-state index contributed by atoms with van der Waals surface area (Å²) in [5.41, 5.74) is 1.86. The quantitative estimate of drug-likeness (QED) is 0.140. The highest BCUT2D eigenvalue weighted by Gasteiger charge is 2.20. The molecule has 0 bridgehead atoms. The van der Waals surface area contributed by atoms with Gasteiger partial charge in [0.2, 0.25) is 0 Å². The van der Waals surface area contributed by atoms with Gasteiger partial charge in [0, 0.05) is 35.6 Å². The van der Waals surface area contributed by atoms with E-state index in [2.05, 4.69) is 10.6 Å². The first-order valence-corrected chi connectivity index (χ1v) is 14.3. The Morgan fingerprint density at radius 1 is 1.08 bits per heavy atom. The minimum Gasteiger partial charge on any atom is -0.394 e. The van der Waals surface area contributed by atoms with Gasteiger partial charge in [0.05, 0.1) is 30.4 Å². The molecule has 0 spiro atoms. The third-order valence-corrected chi connectivity index (χ3v) is 7.62. The molecule has 0 radical (unpaired) electrons. The van der Waals surface area contributed by atoms with Gasteiger partial charge in [0.15, 0.2) is 5.43 Å². The molecule has 0 saturated heterocycles. The first-order valence-electron chi connectivity index (χ1n) is 13.0. The Balaban J connectivity index is 1.67. The van der Waals surface area contributed by atoms with Gasteiger partial charge < -0.3 is 30.5 Å². The fourth-order valence-corrected chi connectivity index (χ4v) is 5.35. The van der Waals surface area contributed by atoms with Crippen molar-refractivity contribution in [2.75, 3.05) is 25.4 Å². The molecule has 0 saturated carbocycles. The van der Waals surface area contributed by atoms with Crippen LogP contribution < -0.4 is 16.1 Å². The zero-order valence-corrected chi connectivity index (χ0v) is 23.5. The molecule has 2 aromatic carbocycles. The van der Waals surface area contributed by atoms with Gasteiger partial charge in [0.1, 0.15) is 5.56 Å². The molecule has 1 heterocycles. The number of aliphatic hydroxyl groups is 3. The predicted octanol–water partition coefficient (Wildman–Crippen LogP) is 3.15. The Labute approximate surface area is 238 Å². The lowest BCUT2D eigenvalue weighted by Gasteiger charge is -2.20. The molecule has 5 N–H and O–H groups in total. The minimum absolute atomic E-state index is 0.0108. The summed E-state index contributed by atoms with van der Waals surface area (Å²) >= 11 is 7.37. The van der Waals surface area contributed by atoms with Gasteiger partial charge >= 0.3 is 0 Å². The van der Waals surface area contributed by atoms with Gasteiger partial charge in [-0.2, -0.15) is 0 Å². The van der Waals surface area contributed by atoms with Crippen LogP contribution in [0.25, 0.3) is 0 Å². The second kappa shape index (κ2) is 15.8. The van der Waals surface area contributed by atoms with E-state index in [9.17, 15) is 24.9 Å². The molecule has 0 aliphatic carbocycles. The van der Waals surface area contributed by atoms with Crippen molar-refractivity contribution in [1.29, 1.82) is 0 Å². The maximum absolute atomic E-state index is 13.3. The van der Waals surface area contributed by atoms with Crippen LogP contribution in [-0.4, -0.2) is 57.3 Å². The number of nitrogens with one attached hydrogen (secondary N) is 2. The van der Waals surface area contributed by atoms with E-state index in [0.717, 1.165) is 11.1 Å². The normalized spacial score (nSPS) is 12.7. The van der Waals surface area contributed by atoms with Crippen molar-refractivity contribution < 1.29 is 20.1 Å². The molecule has 8 nitrogen and oxygen atoms in total. The van der Waals surface area contributed by atoms with Crippen molar-refractivity contribution in [3.05, 3.63) is 98.3 Å². The maximum Gasteiger partial charge on any atom is 0.257 e. The number of aromatic nitrogens is 1. The Kier molecular flexibility index (Phi) is 12.5. The summed E-state index contributed by atoms with van der Waals surface area (Å²) in [5.74, 6) is 0.123. The Morgan fingerprint density at radius 2 is 1.79 bits per heavy atom. The van der Waals surface area contributed by atoms with Gasteiger partial charge in [-0.1, -0.05) is 61.0 Å². The lowest BCUT2D eigenvalue weighted by atomic mass is 10.1. The van der Waals surface area contributed by atoms with E-state index >= 15 is 0 Å². The monoisotopic (exact) mass is 573 g/mol. The van der Waals surface area contributed by atoms with E-state index in [1.54, 1.807) is 28.8 Å². The summed E-state index contributed by atoms with van der Waals surface area (Å²) in [4.78, 5) is 26.3. The minimum atomic E-state index is -1.04. The maximum atomic E-state index is 13.3. The summed E-state index contributed by atoms with van der Waals surface area (Å²) in [6, 6.07) is 16.6. The van der Waals surface area contributed by atoms with Gasteiger partial charge in [-0.05, 0) is 42.6 Å². The van der Waals surface area contributed by atoms with Crippen molar-refractivity contribution in [3.63, 3.8) is 0 Å². The van der Waals surface area contributed by atoms with Crippen molar-refractivity contribution in [1.82, 2.24) is 15.2 Å². The number of rotatable bonds is 15. The lowest BCUT2D eigenvalue weighted by Crippen LogP contribution is -2.33. The third kappa shape index (κ3) is 9.20. The molecule has 2 unspecified atom stereocenters. The summed E-state index contributed by atoms with van der Waals surface area (Å²) in [5, 5.41) is 37.3. The topological polar surface area (TPSA) is 124 Å². The van der Waals surface area contributed by atoms with Gasteiger partial charge in [-0.25, -0.2) is 0 Å². The smallest absolute Gasteiger partial charge is 0.257 e. The average molecular weight is 574 g/mol. The number of carbonyl (C=O) groups excluding carboxylic acids is 1.